The summed E-state index contributed by atoms with van der Waals surface area (Å²) in [4.78, 5) is 0. The highest BCUT2D eigenvalue weighted by molar-refractivity contribution is 5.14. The van der Waals surface area contributed by atoms with Crippen LogP contribution in [0.15, 0.2) is 0 Å². The van der Waals surface area contributed by atoms with Crippen molar-refractivity contribution < 1.29 is 4.58 Å². The Morgan fingerprint density at radius 2 is 2.12 bits per heavy atom. The van der Waals surface area contributed by atoms with Crippen molar-refractivity contribution >= 4 is 6.72 Å². The number of hydrogen-bond acceptors (Lipinski definition) is 1. The van der Waals surface area contributed by atoms with E-state index in [1.165, 1.54) is 6.42 Å². The Labute approximate surface area is 50.2 Å². The zero-order chi connectivity index (χ0) is 5.82. The van der Waals surface area contributed by atoms with Crippen LogP contribution in [0.2, 0.25) is 0 Å². The normalized spacial score (nSPS) is 22.8. The Morgan fingerprint density at radius 3 is 3.00 bits per heavy atom. The third-order valence-electron chi connectivity index (χ3n) is 1.43. The molecule has 1 N–H and O–H groups in total. The van der Waals surface area contributed by atoms with Crippen molar-refractivity contribution in [3.05, 3.63) is 0 Å². The van der Waals surface area contributed by atoms with E-state index in [0.29, 0.717) is 0 Å². The van der Waals surface area contributed by atoms with Crippen molar-refractivity contribution in [3.63, 3.8) is 0 Å². The van der Waals surface area contributed by atoms with E-state index in [1.807, 2.05) is 0 Å². The third kappa shape index (κ3) is 1.62. The zero-order valence-electron chi connectivity index (χ0n) is 5.19. The maximum Gasteiger partial charge on any atom is 0.154 e. The molecule has 0 aromatic rings. The highest BCUT2D eigenvalue weighted by atomic mass is 15.0. The van der Waals surface area contributed by atoms with Gasteiger partial charge in [0.15, 0.2) is 6.54 Å². The molecule has 0 spiro atoms. The molecule has 1 heterocycles. The molecule has 1 rings (SSSR count). The van der Waals surface area contributed by atoms with Gasteiger partial charge in [0.25, 0.3) is 0 Å². The molecule has 1 aliphatic rings. The topological polar surface area (TPSA) is 15.0 Å². The van der Waals surface area contributed by atoms with Gasteiger partial charge in [-0.1, -0.05) is 0 Å². The minimum absolute atomic E-state index is 1.10. The average Bonchev–Trinajstić information content (AvgIpc) is 1.94. The van der Waals surface area contributed by atoms with Crippen molar-refractivity contribution in [3.8, 4) is 0 Å². The maximum atomic E-state index is 3.85. The van der Waals surface area contributed by atoms with Crippen LogP contribution in [-0.2, 0) is 0 Å². The Balaban J connectivity index is 2.27. The van der Waals surface area contributed by atoms with E-state index in [2.05, 4.69) is 16.6 Å². The first-order chi connectivity index (χ1) is 3.89. The third-order valence-corrected chi connectivity index (χ3v) is 1.43. The van der Waals surface area contributed by atoms with Crippen LogP contribution in [-0.4, -0.2) is 37.5 Å². The Kier molecular flexibility index (Phi) is 2.03. The highest BCUT2D eigenvalue weighted by Gasteiger charge is 2.03. The van der Waals surface area contributed by atoms with Crippen LogP contribution in [0.4, 0.5) is 0 Å². The van der Waals surface area contributed by atoms with Gasteiger partial charge in [-0.15, -0.1) is 0 Å². The van der Waals surface area contributed by atoms with Crippen LogP contribution in [0.5, 0.6) is 0 Å². The number of nitrogens with one attached hydrogen (secondary N) is 1. The van der Waals surface area contributed by atoms with Crippen molar-refractivity contribution in [2.24, 2.45) is 0 Å². The lowest BCUT2D eigenvalue weighted by Crippen LogP contribution is -2.19. The van der Waals surface area contributed by atoms with Gasteiger partial charge < -0.3 is 5.32 Å². The van der Waals surface area contributed by atoms with Gasteiger partial charge in [-0.3, -0.25) is 0 Å². The van der Waals surface area contributed by atoms with Gasteiger partial charge in [-0.25, -0.2) is 4.58 Å². The van der Waals surface area contributed by atoms with Gasteiger partial charge in [0.1, 0.15) is 13.3 Å². The second-order valence-corrected chi connectivity index (χ2v) is 2.22. The Bertz CT molecular complexity index is 78.5. The molecule has 0 atom stereocenters. The monoisotopic (exact) mass is 113 g/mol. The fourth-order valence-corrected chi connectivity index (χ4v) is 0.902. The highest BCUT2D eigenvalue weighted by Crippen LogP contribution is 1.83. The molecular weight excluding hydrogens is 100 g/mol. The molecule has 1 fully saturated rings. The average molecular weight is 113 g/mol. The SMILES string of the molecule is C=[N+]1CCCNCC1. The molecule has 0 radical (unpaired) electrons. The summed E-state index contributed by atoms with van der Waals surface area (Å²) in [6.07, 6.45) is 1.24. The minimum Gasteiger partial charge on any atom is -0.311 e. The van der Waals surface area contributed by atoms with Gasteiger partial charge in [0.2, 0.25) is 0 Å². The first-order valence-corrected chi connectivity index (χ1v) is 3.16. The largest absolute Gasteiger partial charge is 0.311 e. The molecule has 1 saturated heterocycles. The van der Waals surface area contributed by atoms with E-state index >= 15 is 0 Å². The molecule has 46 valence electrons. The smallest absolute Gasteiger partial charge is 0.154 e. The number of rotatable bonds is 0. The predicted octanol–water partition coefficient (Wildman–Crippen LogP) is -0.307. The van der Waals surface area contributed by atoms with E-state index in [-0.39, 0.29) is 0 Å². The van der Waals surface area contributed by atoms with Crippen LogP contribution < -0.4 is 5.32 Å². The lowest BCUT2D eigenvalue weighted by Gasteiger charge is -1.91. The quantitative estimate of drug-likeness (QED) is 0.426. The molecule has 0 bridgehead atoms. The summed E-state index contributed by atoms with van der Waals surface area (Å²) in [5.41, 5.74) is 0. The Morgan fingerprint density at radius 1 is 1.25 bits per heavy atom. The molecule has 0 saturated carbocycles. The summed E-state index contributed by atoms with van der Waals surface area (Å²) in [5, 5.41) is 3.30. The molecule has 0 aliphatic carbocycles. The molecule has 2 nitrogen and oxygen atoms in total. The van der Waals surface area contributed by atoms with Crippen LogP contribution in [0.3, 0.4) is 0 Å². The Hall–Kier alpha value is -0.370. The lowest BCUT2D eigenvalue weighted by molar-refractivity contribution is -0.514. The maximum absolute atomic E-state index is 3.85. The fourth-order valence-electron chi connectivity index (χ4n) is 0.902. The van der Waals surface area contributed by atoms with Crippen LogP contribution in [0, 0.1) is 0 Å². The van der Waals surface area contributed by atoms with Crippen LogP contribution in [0.25, 0.3) is 0 Å². The van der Waals surface area contributed by atoms with Gasteiger partial charge in [0.05, 0.1) is 6.54 Å². The van der Waals surface area contributed by atoms with Gasteiger partial charge in [-0.05, 0) is 0 Å². The van der Waals surface area contributed by atoms with Crippen LogP contribution >= 0.6 is 0 Å². The standard InChI is InChI=1S/C6H13N2/c1-8-5-2-3-7-4-6-8/h7H,1-6H2/q+1. The van der Waals surface area contributed by atoms with Gasteiger partial charge in [-0.2, -0.15) is 0 Å². The van der Waals surface area contributed by atoms with E-state index in [1.54, 1.807) is 0 Å². The number of nitrogens with zero attached hydrogens (tertiary/aromatic N) is 1. The predicted molar refractivity (Wildman–Crippen MR) is 34.6 cm³/mol. The molecule has 1 aliphatic heterocycles. The summed E-state index contributed by atoms with van der Waals surface area (Å²) >= 11 is 0. The first kappa shape index (κ1) is 5.76. The summed E-state index contributed by atoms with van der Waals surface area (Å²) in [5.74, 6) is 0. The zero-order valence-corrected chi connectivity index (χ0v) is 5.19. The van der Waals surface area contributed by atoms with Gasteiger partial charge in [0, 0.05) is 13.0 Å². The molecule has 8 heavy (non-hydrogen) atoms. The van der Waals surface area contributed by atoms with E-state index in [0.717, 1.165) is 26.2 Å². The van der Waals surface area contributed by atoms with E-state index in [4.69, 9.17) is 0 Å². The van der Waals surface area contributed by atoms with Crippen molar-refractivity contribution in [2.45, 2.75) is 6.42 Å². The van der Waals surface area contributed by atoms with Crippen molar-refractivity contribution in [1.82, 2.24) is 5.32 Å². The summed E-state index contributed by atoms with van der Waals surface area (Å²) < 4.78 is 2.11. The van der Waals surface area contributed by atoms with E-state index in [9.17, 15) is 0 Å². The number of hydrogen-bond donors (Lipinski definition) is 1. The second kappa shape index (κ2) is 2.82. The summed E-state index contributed by atoms with van der Waals surface area (Å²) in [6.45, 7) is 8.35. The molecule has 0 aromatic heterocycles. The molecule has 0 aromatic carbocycles. The molecule has 2 heteroatoms. The summed E-state index contributed by atoms with van der Waals surface area (Å²) in [6, 6.07) is 0. The first-order valence-electron chi connectivity index (χ1n) is 3.16. The second-order valence-electron chi connectivity index (χ2n) is 2.22. The molecule has 0 unspecified atom stereocenters. The minimum atomic E-state index is 1.10. The lowest BCUT2D eigenvalue weighted by atomic mass is 10.4. The molecule has 0 amide bonds. The van der Waals surface area contributed by atoms with Gasteiger partial charge >= 0.3 is 0 Å². The van der Waals surface area contributed by atoms with Crippen molar-refractivity contribution in [1.29, 1.82) is 0 Å². The van der Waals surface area contributed by atoms with Crippen LogP contribution in [0.1, 0.15) is 6.42 Å². The molecular formula is C6H13N2+. The fraction of sp³-hybridized carbons (Fsp3) is 0.833. The van der Waals surface area contributed by atoms with Crippen molar-refractivity contribution in [2.75, 3.05) is 26.2 Å². The summed E-state index contributed by atoms with van der Waals surface area (Å²) in [7, 11) is 0. The van der Waals surface area contributed by atoms with E-state index < -0.39 is 0 Å².